The van der Waals surface area contributed by atoms with Crippen LogP contribution in [0.5, 0.6) is 0 Å². The summed E-state index contributed by atoms with van der Waals surface area (Å²) < 4.78 is 5.60. The molecule has 0 fully saturated rings. The summed E-state index contributed by atoms with van der Waals surface area (Å²) in [7, 11) is 0. The fourth-order valence-electron chi connectivity index (χ4n) is 1.64. The van der Waals surface area contributed by atoms with Gasteiger partial charge in [-0.05, 0) is 40.5 Å². The van der Waals surface area contributed by atoms with E-state index in [9.17, 15) is 0 Å². The predicted molar refractivity (Wildman–Crippen MR) is 85.6 cm³/mol. The smallest absolute Gasteiger partial charge is 0.249 e. The summed E-state index contributed by atoms with van der Waals surface area (Å²) in [6, 6.07) is 16.6. The van der Waals surface area contributed by atoms with Gasteiger partial charge < -0.3 is 9.57 Å². The van der Waals surface area contributed by atoms with Gasteiger partial charge in [-0.1, -0.05) is 47.5 Å². The van der Waals surface area contributed by atoms with E-state index in [-0.39, 0.29) is 0 Å². The lowest BCUT2D eigenvalue weighted by Gasteiger charge is -2.11. The molecular formula is C16H12Cl2N2O2. The van der Waals surface area contributed by atoms with E-state index in [1.807, 2.05) is 18.2 Å². The molecule has 0 radical (unpaired) electrons. The summed E-state index contributed by atoms with van der Waals surface area (Å²) in [5, 5.41) is 13.5. The van der Waals surface area contributed by atoms with Gasteiger partial charge in [0.2, 0.25) is 6.40 Å². The van der Waals surface area contributed by atoms with Crippen LogP contribution in [-0.2, 0) is 16.2 Å². The summed E-state index contributed by atoms with van der Waals surface area (Å²) in [5.74, 6) is 0. The van der Waals surface area contributed by atoms with Gasteiger partial charge in [0.05, 0.1) is 12.7 Å². The maximum absolute atomic E-state index is 9.15. The van der Waals surface area contributed by atoms with E-state index < -0.39 is 6.10 Å². The Hall–Kier alpha value is -2.06. The van der Waals surface area contributed by atoms with Crippen LogP contribution in [0.1, 0.15) is 17.2 Å². The van der Waals surface area contributed by atoms with Crippen LogP contribution in [0.3, 0.4) is 0 Å². The Labute approximate surface area is 138 Å². The lowest BCUT2D eigenvalue weighted by Crippen LogP contribution is -2.02. The molecule has 112 valence electrons. The second-order valence-electron chi connectivity index (χ2n) is 4.32. The van der Waals surface area contributed by atoms with Crippen LogP contribution >= 0.6 is 23.2 Å². The molecule has 1 atom stereocenters. The van der Waals surface area contributed by atoms with Crippen molar-refractivity contribution in [2.24, 2.45) is 5.16 Å². The number of nitriles is 1. The van der Waals surface area contributed by atoms with Crippen LogP contribution in [-0.4, -0.2) is 6.40 Å². The van der Waals surface area contributed by atoms with Gasteiger partial charge in [0, 0.05) is 10.0 Å². The number of oxime groups is 1. The number of nitrogens with zero attached hydrogens (tertiary/aromatic N) is 2. The maximum atomic E-state index is 9.15. The Balaban J connectivity index is 0.000000523. The minimum absolute atomic E-state index is 0.349. The zero-order chi connectivity index (χ0) is 15.8. The van der Waals surface area contributed by atoms with Gasteiger partial charge >= 0.3 is 0 Å². The van der Waals surface area contributed by atoms with Crippen molar-refractivity contribution in [2.75, 3.05) is 0 Å². The number of halogens is 2. The van der Waals surface area contributed by atoms with E-state index in [0.29, 0.717) is 16.7 Å². The van der Waals surface area contributed by atoms with E-state index >= 15 is 0 Å². The van der Waals surface area contributed by atoms with Crippen LogP contribution < -0.4 is 0 Å². The van der Waals surface area contributed by atoms with Gasteiger partial charge in [-0.2, -0.15) is 5.26 Å². The minimum atomic E-state index is -0.630. The minimum Gasteiger partial charge on any atom is -0.354 e. The van der Waals surface area contributed by atoms with E-state index in [0.717, 1.165) is 11.1 Å². The third-order valence-electron chi connectivity index (χ3n) is 2.70. The van der Waals surface area contributed by atoms with E-state index in [4.69, 9.17) is 33.2 Å². The lowest BCUT2D eigenvalue weighted by atomic mass is 10.1. The van der Waals surface area contributed by atoms with Gasteiger partial charge in [0.1, 0.15) is 0 Å². The summed E-state index contributed by atoms with van der Waals surface area (Å²) in [4.78, 5) is 4.00. The Morgan fingerprint density at radius 3 is 2.36 bits per heavy atom. The standard InChI is InChI=1S/C15H11Cl2NO.CHNO/c16-13-6-4-11(5-7-13)10-19-15(9-18)12-2-1-3-14(17)8-12;1-2-3-1/h1-8,15H,10H2;1H. The van der Waals surface area contributed by atoms with E-state index in [1.165, 1.54) is 6.40 Å². The molecule has 0 saturated heterocycles. The molecule has 2 aromatic rings. The Kier molecular flexibility index (Phi) is 6.23. The molecule has 6 heteroatoms. The van der Waals surface area contributed by atoms with E-state index in [2.05, 4.69) is 16.1 Å². The van der Waals surface area contributed by atoms with Crippen LogP contribution in [0.15, 0.2) is 53.7 Å². The van der Waals surface area contributed by atoms with Crippen molar-refractivity contribution in [3.8, 4) is 6.07 Å². The fourth-order valence-corrected chi connectivity index (χ4v) is 1.96. The van der Waals surface area contributed by atoms with Gasteiger partial charge in [-0.3, -0.25) is 0 Å². The van der Waals surface area contributed by atoms with Crippen LogP contribution in [0.2, 0.25) is 10.0 Å². The summed E-state index contributed by atoms with van der Waals surface area (Å²) in [5.41, 5.74) is 1.72. The SMILES string of the molecule is C1=NO1.N#CC(OCc1ccc(Cl)cc1)c1cccc(Cl)c1. The second kappa shape index (κ2) is 8.40. The lowest BCUT2D eigenvalue weighted by molar-refractivity contribution is 0.0767. The monoisotopic (exact) mass is 334 g/mol. The molecule has 0 aromatic heterocycles. The van der Waals surface area contributed by atoms with Crippen molar-refractivity contribution in [1.82, 2.24) is 0 Å². The number of hydrogen-bond donors (Lipinski definition) is 0. The summed E-state index contributed by atoms with van der Waals surface area (Å²) in [6.07, 6.45) is 0.745. The van der Waals surface area contributed by atoms with Crippen molar-refractivity contribution in [2.45, 2.75) is 12.7 Å². The molecule has 0 amide bonds. The molecule has 0 saturated carbocycles. The highest BCUT2D eigenvalue weighted by Gasteiger charge is 2.11. The molecule has 0 aliphatic carbocycles. The number of benzene rings is 2. The van der Waals surface area contributed by atoms with Gasteiger partial charge in [-0.25, -0.2) is 0 Å². The average molecular weight is 335 g/mol. The third kappa shape index (κ3) is 5.74. The van der Waals surface area contributed by atoms with Crippen molar-refractivity contribution in [3.05, 3.63) is 69.7 Å². The van der Waals surface area contributed by atoms with Gasteiger partial charge in [-0.15, -0.1) is 0 Å². The topological polar surface area (TPSA) is 57.9 Å². The summed E-state index contributed by atoms with van der Waals surface area (Å²) >= 11 is 11.7. The van der Waals surface area contributed by atoms with Crippen molar-refractivity contribution in [1.29, 1.82) is 5.26 Å². The Morgan fingerprint density at radius 2 is 1.82 bits per heavy atom. The molecule has 4 nitrogen and oxygen atoms in total. The molecule has 0 N–H and O–H groups in total. The first-order valence-corrected chi connectivity index (χ1v) is 7.13. The maximum Gasteiger partial charge on any atom is 0.249 e. The Morgan fingerprint density at radius 1 is 1.14 bits per heavy atom. The molecule has 2 aromatic carbocycles. The number of ether oxygens (including phenoxy) is 1. The van der Waals surface area contributed by atoms with Crippen LogP contribution in [0, 0.1) is 11.3 Å². The highest BCUT2D eigenvalue weighted by molar-refractivity contribution is 6.30. The first-order valence-electron chi connectivity index (χ1n) is 6.38. The normalized spacial score (nSPS) is 12.4. The summed E-state index contributed by atoms with van der Waals surface area (Å²) in [6.45, 7) is 0.349. The van der Waals surface area contributed by atoms with Crippen LogP contribution in [0.25, 0.3) is 0 Å². The molecule has 1 aliphatic rings. The quantitative estimate of drug-likeness (QED) is 0.811. The zero-order valence-corrected chi connectivity index (χ0v) is 13.0. The fraction of sp³-hybridized carbons (Fsp3) is 0.125. The first kappa shape index (κ1) is 16.3. The van der Waals surface area contributed by atoms with Crippen molar-refractivity contribution in [3.63, 3.8) is 0 Å². The van der Waals surface area contributed by atoms with Gasteiger partial charge in [0.15, 0.2) is 6.10 Å². The largest absolute Gasteiger partial charge is 0.354 e. The molecule has 3 rings (SSSR count). The second-order valence-corrected chi connectivity index (χ2v) is 5.19. The molecule has 1 heterocycles. The molecule has 1 unspecified atom stereocenters. The van der Waals surface area contributed by atoms with E-state index in [1.54, 1.807) is 30.3 Å². The predicted octanol–water partition coefficient (Wildman–Crippen LogP) is 4.73. The van der Waals surface area contributed by atoms with Gasteiger partial charge in [0.25, 0.3) is 0 Å². The molecule has 0 spiro atoms. The highest BCUT2D eigenvalue weighted by Crippen LogP contribution is 2.22. The average Bonchev–Trinajstić information content (AvgIpc) is 3.38. The van der Waals surface area contributed by atoms with Crippen molar-refractivity contribution < 1.29 is 9.57 Å². The first-order chi connectivity index (χ1) is 10.7. The highest BCUT2D eigenvalue weighted by atomic mass is 35.5. The number of hydrogen-bond acceptors (Lipinski definition) is 4. The number of rotatable bonds is 4. The van der Waals surface area contributed by atoms with Crippen molar-refractivity contribution >= 4 is 29.6 Å². The molecule has 22 heavy (non-hydrogen) atoms. The third-order valence-corrected chi connectivity index (χ3v) is 3.19. The molecule has 0 bridgehead atoms. The molecule has 1 aliphatic heterocycles. The zero-order valence-electron chi connectivity index (χ0n) is 11.4. The Bertz CT molecular complexity index is 677. The molecular weight excluding hydrogens is 323 g/mol. The van der Waals surface area contributed by atoms with Crippen LogP contribution in [0.4, 0.5) is 0 Å².